The molecule has 2 aliphatic rings. The maximum Gasteiger partial charge on any atom is 0.0467 e. The Morgan fingerprint density at radius 2 is 1.23 bits per heavy atom. The number of rotatable bonds is 5. The minimum atomic E-state index is 0.0591. The van der Waals surface area contributed by atoms with Gasteiger partial charge in [-0.3, -0.25) is 0 Å². The quantitative estimate of drug-likeness (QED) is 0.201. The molecule has 0 aromatic heterocycles. The number of anilines is 2. The van der Waals surface area contributed by atoms with E-state index >= 15 is 0 Å². The van der Waals surface area contributed by atoms with Gasteiger partial charge in [0, 0.05) is 23.0 Å². The summed E-state index contributed by atoms with van der Waals surface area (Å²) in [4.78, 5) is 2.42. The summed E-state index contributed by atoms with van der Waals surface area (Å²) < 4.78 is 0. The first-order valence-corrected chi connectivity index (χ1v) is 15.6. The summed E-state index contributed by atoms with van der Waals surface area (Å²) in [6.45, 7) is 4.81. The molecule has 0 aliphatic heterocycles. The number of allylic oxidation sites excluding steroid dienone is 3. The van der Waals surface area contributed by atoms with E-state index in [1.54, 1.807) is 0 Å². The highest BCUT2D eigenvalue weighted by atomic mass is 15.1. The molecule has 1 nitrogen and oxygen atoms in total. The number of hydrogen-bond acceptors (Lipinski definition) is 1. The van der Waals surface area contributed by atoms with Gasteiger partial charge in [0.25, 0.3) is 0 Å². The standard InChI is InChI=1S/C43H35N/c1-43(2)41-24-9-8-22-39(41)40-26-25-36(29-42(40)43)44(34-18-4-3-5-19-34)35-20-11-16-32(28-35)31-15-10-17-33(27-31)38-23-12-14-30-13-6-7-21-37(30)38/h3-29,40,42H,1-2H3. The molecular formula is C43H35N. The summed E-state index contributed by atoms with van der Waals surface area (Å²) in [6.07, 6.45) is 7.28. The third kappa shape index (κ3) is 4.39. The van der Waals surface area contributed by atoms with Gasteiger partial charge in [-0.2, -0.15) is 0 Å². The minimum Gasteiger partial charge on any atom is -0.311 e. The largest absolute Gasteiger partial charge is 0.311 e. The van der Waals surface area contributed by atoms with Gasteiger partial charge in [0.1, 0.15) is 0 Å². The van der Waals surface area contributed by atoms with Crippen LogP contribution in [0.1, 0.15) is 30.9 Å². The molecule has 44 heavy (non-hydrogen) atoms. The highest BCUT2D eigenvalue weighted by molar-refractivity contribution is 5.97. The van der Waals surface area contributed by atoms with E-state index in [0.717, 1.165) is 11.4 Å². The Morgan fingerprint density at radius 3 is 2.11 bits per heavy atom. The lowest BCUT2D eigenvalue weighted by atomic mass is 9.74. The van der Waals surface area contributed by atoms with Gasteiger partial charge < -0.3 is 4.90 Å². The Kier molecular flexibility index (Phi) is 6.34. The molecule has 2 aliphatic carbocycles. The van der Waals surface area contributed by atoms with E-state index in [1.807, 2.05) is 0 Å². The lowest BCUT2D eigenvalue weighted by Crippen LogP contribution is -2.28. The Bertz CT molecular complexity index is 2060. The molecule has 212 valence electrons. The molecule has 0 spiro atoms. The molecular weight excluding hydrogens is 530 g/mol. The van der Waals surface area contributed by atoms with Gasteiger partial charge >= 0.3 is 0 Å². The van der Waals surface area contributed by atoms with Gasteiger partial charge in [-0.15, -0.1) is 0 Å². The van der Waals surface area contributed by atoms with Crippen LogP contribution in [0.2, 0.25) is 0 Å². The maximum atomic E-state index is 2.52. The number of para-hydroxylation sites is 1. The van der Waals surface area contributed by atoms with Crippen molar-refractivity contribution in [3.63, 3.8) is 0 Å². The van der Waals surface area contributed by atoms with Gasteiger partial charge in [-0.05, 0) is 91.9 Å². The lowest BCUT2D eigenvalue weighted by Gasteiger charge is -2.34. The Balaban J connectivity index is 1.21. The second-order valence-electron chi connectivity index (χ2n) is 12.6. The average molecular weight is 566 g/mol. The van der Waals surface area contributed by atoms with E-state index < -0.39 is 0 Å². The molecule has 8 rings (SSSR count). The fourth-order valence-electron chi connectivity index (χ4n) is 7.51. The van der Waals surface area contributed by atoms with Crippen molar-refractivity contribution in [2.24, 2.45) is 5.92 Å². The van der Waals surface area contributed by atoms with Gasteiger partial charge in [0.05, 0.1) is 0 Å². The summed E-state index contributed by atoms with van der Waals surface area (Å²) >= 11 is 0. The van der Waals surface area contributed by atoms with Crippen molar-refractivity contribution >= 4 is 22.1 Å². The maximum absolute atomic E-state index is 2.52. The Labute approximate surface area is 260 Å². The van der Waals surface area contributed by atoms with E-state index in [1.165, 1.54) is 49.9 Å². The van der Waals surface area contributed by atoms with Crippen LogP contribution in [0.5, 0.6) is 0 Å². The molecule has 0 N–H and O–H groups in total. The van der Waals surface area contributed by atoms with Gasteiger partial charge in [0.15, 0.2) is 0 Å². The first kappa shape index (κ1) is 26.5. The molecule has 2 atom stereocenters. The summed E-state index contributed by atoms with van der Waals surface area (Å²) in [5.74, 6) is 0.803. The molecule has 0 heterocycles. The van der Waals surface area contributed by atoms with E-state index in [9.17, 15) is 0 Å². The molecule has 0 radical (unpaired) electrons. The van der Waals surface area contributed by atoms with Crippen LogP contribution in [0.3, 0.4) is 0 Å². The normalized spacial score (nSPS) is 18.0. The Hall–Kier alpha value is -5.14. The number of benzene rings is 6. The van der Waals surface area contributed by atoms with Crippen molar-refractivity contribution in [2.45, 2.75) is 25.2 Å². The van der Waals surface area contributed by atoms with Crippen LogP contribution in [-0.2, 0) is 5.41 Å². The van der Waals surface area contributed by atoms with Gasteiger partial charge in [0.2, 0.25) is 0 Å². The fourth-order valence-corrected chi connectivity index (χ4v) is 7.51. The molecule has 0 saturated carbocycles. The third-order valence-electron chi connectivity index (χ3n) is 9.73. The first-order valence-electron chi connectivity index (χ1n) is 15.6. The topological polar surface area (TPSA) is 3.24 Å². The van der Waals surface area contributed by atoms with E-state index in [2.05, 4.69) is 183 Å². The van der Waals surface area contributed by atoms with Crippen molar-refractivity contribution in [3.05, 3.63) is 181 Å². The summed E-state index contributed by atoms with van der Waals surface area (Å²) in [6, 6.07) is 52.9. The second kappa shape index (κ2) is 10.5. The van der Waals surface area contributed by atoms with Crippen LogP contribution in [0.4, 0.5) is 11.4 Å². The minimum absolute atomic E-state index is 0.0591. The zero-order chi connectivity index (χ0) is 29.7. The van der Waals surface area contributed by atoms with Crippen LogP contribution >= 0.6 is 0 Å². The smallest absolute Gasteiger partial charge is 0.0467 e. The predicted octanol–water partition coefficient (Wildman–Crippen LogP) is 11.5. The third-order valence-corrected chi connectivity index (χ3v) is 9.73. The fraction of sp³-hybridized carbons (Fsp3) is 0.116. The number of hydrogen-bond donors (Lipinski definition) is 0. The van der Waals surface area contributed by atoms with Crippen molar-refractivity contribution in [3.8, 4) is 22.3 Å². The molecule has 2 unspecified atom stereocenters. The van der Waals surface area contributed by atoms with E-state index in [-0.39, 0.29) is 5.41 Å². The summed E-state index contributed by atoms with van der Waals surface area (Å²) in [5, 5.41) is 2.54. The monoisotopic (exact) mass is 565 g/mol. The lowest BCUT2D eigenvalue weighted by molar-refractivity contribution is 0.392. The Morgan fingerprint density at radius 1 is 0.568 bits per heavy atom. The van der Waals surface area contributed by atoms with Crippen molar-refractivity contribution in [1.29, 1.82) is 0 Å². The van der Waals surface area contributed by atoms with E-state index in [0.29, 0.717) is 11.8 Å². The van der Waals surface area contributed by atoms with Gasteiger partial charge in [-0.25, -0.2) is 0 Å². The highest BCUT2D eigenvalue weighted by Gasteiger charge is 2.45. The molecule has 6 aromatic rings. The van der Waals surface area contributed by atoms with Crippen molar-refractivity contribution in [2.75, 3.05) is 4.90 Å². The van der Waals surface area contributed by atoms with Crippen molar-refractivity contribution in [1.82, 2.24) is 0 Å². The van der Waals surface area contributed by atoms with Crippen LogP contribution in [0.15, 0.2) is 170 Å². The molecule has 0 amide bonds. The average Bonchev–Trinajstić information content (AvgIpc) is 3.31. The second-order valence-corrected chi connectivity index (χ2v) is 12.6. The van der Waals surface area contributed by atoms with E-state index in [4.69, 9.17) is 0 Å². The number of fused-ring (bicyclic) bond motifs is 4. The van der Waals surface area contributed by atoms with Gasteiger partial charge in [-0.1, -0.05) is 141 Å². The summed E-state index contributed by atoms with van der Waals surface area (Å²) in [7, 11) is 0. The summed E-state index contributed by atoms with van der Waals surface area (Å²) in [5.41, 5.74) is 11.5. The molecule has 0 fully saturated rings. The van der Waals surface area contributed by atoms with Crippen LogP contribution in [0.25, 0.3) is 33.0 Å². The van der Waals surface area contributed by atoms with Crippen LogP contribution in [-0.4, -0.2) is 0 Å². The predicted molar refractivity (Wildman–Crippen MR) is 186 cm³/mol. The zero-order valence-electron chi connectivity index (χ0n) is 25.2. The molecule has 0 bridgehead atoms. The highest BCUT2D eigenvalue weighted by Crippen LogP contribution is 2.54. The molecule has 1 heteroatoms. The molecule has 0 saturated heterocycles. The van der Waals surface area contributed by atoms with Crippen LogP contribution in [0, 0.1) is 5.92 Å². The zero-order valence-corrected chi connectivity index (χ0v) is 25.2. The first-order chi connectivity index (χ1) is 21.6. The SMILES string of the molecule is CC1(C)c2ccccc2C2C=CC(N(c3ccccc3)c3cccc(-c4cccc(-c5cccc6ccccc56)c4)c3)=CC21. The van der Waals surface area contributed by atoms with Crippen LogP contribution < -0.4 is 4.90 Å². The number of nitrogens with zero attached hydrogens (tertiary/aromatic N) is 1. The molecule has 6 aromatic carbocycles. The van der Waals surface area contributed by atoms with Crippen molar-refractivity contribution < 1.29 is 0 Å².